The lowest BCUT2D eigenvalue weighted by molar-refractivity contribution is -0.143. The maximum absolute atomic E-state index is 11.3. The normalized spacial score (nSPS) is 14.8. The second-order valence-corrected chi connectivity index (χ2v) is 5.76. The van der Waals surface area contributed by atoms with Gasteiger partial charge in [0.2, 0.25) is 0 Å². The van der Waals surface area contributed by atoms with Crippen LogP contribution in [0, 0.1) is 6.92 Å². The van der Waals surface area contributed by atoms with Crippen molar-refractivity contribution >= 4 is 17.7 Å². The molecule has 1 aromatic rings. The van der Waals surface area contributed by atoms with Crippen LogP contribution in [0.3, 0.4) is 0 Å². The second-order valence-electron chi connectivity index (χ2n) is 4.81. The topological polar surface area (TPSA) is 80.0 Å². The smallest absolute Gasteiger partial charge is 0.324 e. The fourth-order valence-electron chi connectivity index (χ4n) is 1.52. The van der Waals surface area contributed by atoms with Crippen LogP contribution in [0.2, 0.25) is 0 Å². The van der Waals surface area contributed by atoms with E-state index in [-0.39, 0.29) is 6.04 Å². The van der Waals surface area contributed by atoms with Gasteiger partial charge in [-0.15, -0.1) is 10.2 Å². The molecular formula is C11H20N4O2S. The van der Waals surface area contributed by atoms with E-state index in [2.05, 4.69) is 15.5 Å². The van der Waals surface area contributed by atoms with Gasteiger partial charge in [-0.05, 0) is 27.7 Å². The molecule has 102 valence electrons. The zero-order valence-corrected chi connectivity index (χ0v) is 12.2. The van der Waals surface area contributed by atoms with Crippen molar-refractivity contribution < 1.29 is 9.90 Å². The summed E-state index contributed by atoms with van der Waals surface area (Å²) in [5.74, 6) is 0.348. The van der Waals surface area contributed by atoms with Gasteiger partial charge in [0, 0.05) is 18.8 Å². The van der Waals surface area contributed by atoms with Crippen molar-refractivity contribution in [3.8, 4) is 0 Å². The zero-order valence-electron chi connectivity index (χ0n) is 11.4. The number of nitrogens with one attached hydrogen (secondary N) is 1. The first-order valence-corrected chi connectivity index (χ1v) is 6.74. The predicted octanol–water partition coefficient (Wildman–Crippen LogP) is 1.06. The van der Waals surface area contributed by atoms with E-state index >= 15 is 0 Å². The lowest BCUT2D eigenvalue weighted by Crippen LogP contribution is -2.54. The Morgan fingerprint density at radius 2 is 2.17 bits per heavy atom. The maximum atomic E-state index is 11.3. The van der Waals surface area contributed by atoms with Crippen LogP contribution in [0.15, 0.2) is 5.16 Å². The van der Waals surface area contributed by atoms with Gasteiger partial charge in [0.25, 0.3) is 0 Å². The third kappa shape index (κ3) is 3.46. The van der Waals surface area contributed by atoms with Gasteiger partial charge in [0.15, 0.2) is 5.16 Å². The summed E-state index contributed by atoms with van der Waals surface area (Å²) in [5.41, 5.74) is -0.974. The first-order chi connectivity index (χ1) is 8.26. The molecule has 0 fully saturated rings. The van der Waals surface area contributed by atoms with Crippen LogP contribution in [0.25, 0.3) is 0 Å². The van der Waals surface area contributed by atoms with Crippen LogP contribution in [0.1, 0.15) is 26.6 Å². The number of carboxylic acids is 1. The van der Waals surface area contributed by atoms with Gasteiger partial charge in [-0.3, -0.25) is 10.1 Å². The van der Waals surface area contributed by atoms with Gasteiger partial charge < -0.3 is 9.67 Å². The number of carbonyl (C=O) groups is 1. The third-order valence-corrected chi connectivity index (χ3v) is 3.96. The fourth-order valence-corrected chi connectivity index (χ4v) is 2.57. The van der Waals surface area contributed by atoms with E-state index in [0.29, 0.717) is 5.75 Å². The summed E-state index contributed by atoms with van der Waals surface area (Å²) in [6.45, 7) is 7.40. The van der Waals surface area contributed by atoms with E-state index in [9.17, 15) is 9.90 Å². The summed E-state index contributed by atoms with van der Waals surface area (Å²) < 4.78 is 1.85. The van der Waals surface area contributed by atoms with Gasteiger partial charge in [0.05, 0.1) is 0 Å². The van der Waals surface area contributed by atoms with E-state index < -0.39 is 11.5 Å². The molecule has 1 aromatic heterocycles. The number of hydrogen-bond acceptors (Lipinski definition) is 5. The predicted molar refractivity (Wildman–Crippen MR) is 70.8 cm³/mol. The Kier molecular flexibility index (Phi) is 4.75. The lowest BCUT2D eigenvalue weighted by atomic mass is 10.1. The number of aryl methyl sites for hydroxylation is 1. The number of aromatic nitrogens is 3. The zero-order chi connectivity index (χ0) is 13.9. The lowest BCUT2D eigenvalue weighted by Gasteiger charge is -2.28. The molecule has 0 aliphatic carbocycles. The molecule has 0 aliphatic heterocycles. The van der Waals surface area contributed by atoms with Crippen LogP contribution >= 0.6 is 11.8 Å². The Balaban J connectivity index is 2.74. The minimum Gasteiger partial charge on any atom is -0.480 e. The summed E-state index contributed by atoms with van der Waals surface area (Å²) >= 11 is 1.39. The quantitative estimate of drug-likeness (QED) is 0.754. The van der Waals surface area contributed by atoms with E-state index in [1.165, 1.54) is 11.8 Å². The second kappa shape index (κ2) is 5.71. The molecule has 0 radical (unpaired) electrons. The largest absolute Gasteiger partial charge is 0.480 e. The molecule has 0 aromatic carbocycles. The Hall–Kier alpha value is -1.08. The molecule has 0 saturated heterocycles. The van der Waals surface area contributed by atoms with Crippen LogP contribution in [0.4, 0.5) is 0 Å². The summed E-state index contributed by atoms with van der Waals surface area (Å²) in [6, 6.07) is 0.105. The molecular weight excluding hydrogens is 252 g/mol. The molecule has 0 saturated carbocycles. The Morgan fingerprint density at radius 3 is 2.56 bits per heavy atom. The first-order valence-electron chi connectivity index (χ1n) is 5.76. The molecule has 2 N–H and O–H groups in total. The van der Waals surface area contributed by atoms with Crippen molar-refractivity contribution in [2.75, 3.05) is 5.75 Å². The van der Waals surface area contributed by atoms with Crippen LogP contribution in [-0.2, 0) is 11.8 Å². The summed E-state index contributed by atoms with van der Waals surface area (Å²) in [5, 5.41) is 21.1. The van der Waals surface area contributed by atoms with Gasteiger partial charge >= 0.3 is 5.97 Å². The molecule has 1 unspecified atom stereocenters. The van der Waals surface area contributed by atoms with E-state index in [0.717, 1.165) is 11.0 Å². The highest BCUT2D eigenvalue weighted by molar-refractivity contribution is 7.99. The highest BCUT2D eigenvalue weighted by atomic mass is 32.2. The van der Waals surface area contributed by atoms with E-state index in [1.807, 2.05) is 32.4 Å². The third-order valence-electron chi connectivity index (χ3n) is 2.62. The van der Waals surface area contributed by atoms with Crippen LogP contribution in [-0.4, -0.2) is 43.2 Å². The Labute approximate surface area is 111 Å². The van der Waals surface area contributed by atoms with Crippen LogP contribution in [0.5, 0.6) is 0 Å². The number of aliphatic carboxylic acids is 1. The van der Waals surface area contributed by atoms with E-state index in [4.69, 9.17) is 0 Å². The summed E-state index contributed by atoms with van der Waals surface area (Å²) in [4.78, 5) is 11.3. The molecule has 1 heterocycles. The first kappa shape index (κ1) is 15.0. The number of rotatable bonds is 6. The maximum Gasteiger partial charge on any atom is 0.324 e. The standard InChI is InChI=1S/C11H20N4O2S/c1-7(2)12-11(4,9(16)17)6-18-10-14-13-8(3)15(10)5/h7,12H,6H2,1-5H3,(H,16,17). The monoisotopic (exact) mass is 272 g/mol. The minimum atomic E-state index is -0.974. The van der Waals surface area contributed by atoms with Crippen molar-refractivity contribution in [1.29, 1.82) is 0 Å². The highest BCUT2D eigenvalue weighted by Crippen LogP contribution is 2.21. The number of hydrogen-bond donors (Lipinski definition) is 2. The highest BCUT2D eigenvalue weighted by Gasteiger charge is 2.34. The average Bonchev–Trinajstić information content (AvgIpc) is 2.56. The molecule has 0 aliphatic rings. The van der Waals surface area contributed by atoms with Gasteiger partial charge in [-0.25, -0.2) is 0 Å². The van der Waals surface area contributed by atoms with E-state index in [1.54, 1.807) is 6.92 Å². The average molecular weight is 272 g/mol. The van der Waals surface area contributed by atoms with Gasteiger partial charge in [0.1, 0.15) is 11.4 Å². The van der Waals surface area contributed by atoms with Crippen molar-refractivity contribution in [1.82, 2.24) is 20.1 Å². The van der Waals surface area contributed by atoms with Gasteiger partial charge in [-0.2, -0.15) is 0 Å². The Bertz CT molecular complexity index is 433. The molecule has 1 atom stereocenters. The Morgan fingerprint density at radius 1 is 1.56 bits per heavy atom. The number of carboxylic acid groups (broad SMARTS) is 1. The fraction of sp³-hybridized carbons (Fsp3) is 0.727. The molecule has 0 spiro atoms. The summed E-state index contributed by atoms with van der Waals surface area (Å²) in [6.07, 6.45) is 0. The van der Waals surface area contributed by atoms with Crippen molar-refractivity contribution in [2.45, 2.75) is 44.4 Å². The summed E-state index contributed by atoms with van der Waals surface area (Å²) in [7, 11) is 1.87. The van der Waals surface area contributed by atoms with Crippen LogP contribution < -0.4 is 5.32 Å². The minimum absolute atomic E-state index is 0.105. The van der Waals surface area contributed by atoms with Crippen molar-refractivity contribution in [2.24, 2.45) is 7.05 Å². The molecule has 7 heteroatoms. The van der Waals surface area contributed by atoms with Gasteiger partial charge in [-0.1, -0.05) is 11.8 Å². The molecule has 0 amide bonds. The molecule has 0 bridgehead atoms. The molecule has 6 nitrogen and oxygen atoms in total. The SMILES string of the molecule is Cc1nnc(SCC(C)(NC(C)C)C(=O)O)n1C. The molecule has 1 rings (SSSR count). The van der Waals surface area contributed by atoms with Crippen molar-refractivity contribution in [3.63, 3.8) is 0 Å². The number of nitrogens with zero attached hydrogens (tertiary/aromatic N) is 3. The number of thioether (sulfide) groups is 1. The molecule has 18 heavy (non-hydrogen) atoms. The van der Waals surface area contributed by atoms with Crippen molar-refractivity contribution in [3.05, 3.63) is 5.82 Å².